The van der Waals surface area contributed by atoms with Crippen LogP contribution in [0.5, 0.6) is 0 Å². The van der Waals surface area contributed by atoms with Gasteiger partial charge in [0.05, 0.1) is 0 Å². The molecule has 0 saturated carbocycles. The van der Waals surface area contributed by atoms with Gasteiger partial charge in [-0.15, -0.1) is 0 Å². The minimum atomic E-state index is 0.0897. The molecular weight excluding hydrogens is 166 g/mol. The van der Waals surface area contributed by atoms with Gasteiger partial charge in [-0.05, 0) is 25.4 Å². The van der Waals surface area contributed by atoms with Crippen molar-refractivity contribution in [1.29, 1.82) is 0 Å². The molecule has 0 radical (unpaired) electrons. The van der Waals surface area contributed by atoms with Crippen molar-refractivity contribution in [1.82, 2.24) is 15.1 Å². The number of carbonyl (C=O) groups is 1. The van der Waals surface area contributed by atoms with E-state index in [1.807, 2.05) is 7.05 Å². The van der Waals surface area contributed by atoms with Gasteiger partial charge in [0.1, 0.15) is 0 Å². The van der Waals surface area contributed by atoms with E-state index in [4.69, 9.17) is 0 Å². The Balaban J connectivity index is 2.31. The van der Waals surface area contributed by atoms with Gasteiger partial charge in [0.25, 0.3) is 0 Å². The van der Waals surface area contributed by atoms with Crippen molar-refractivity contribution < 1.29 is 4.79 Å². The summed E-state index contributed by atoms with van der Waals surface area (Å²) in [7, 11) is 5.43. The van der Waals surface area contributed by atoms with Crippen LogP contribution in [0.15, 0.2) is 0 Å². The van der Waals surface area contributed by atoms with E-state index in [0.717, 1.165) is 19.6 Å². The molecule has 1 aliphatic heterocycles. The zero-order valence-corrected chi connectivity index (χ0v) is 8.71. The molecule has 0 aromatic rings. The largest absolute Gasteiger partial charge is 0.331 e. The lowest BCUT2D eigenvalue weighted by atomic mass is 10.1. The van der Waals surface area contributed by atoms with Crippen LogP contribution in [0.3, 0.4) is 0 Å². The van der Waals surface area contributed by atoms with Crippen LogP contribution < -0.4 is 5.32 Å². The zero-order chi connectivity index (χ0) is 9.84. The lowest BCUT2D eigenvalue weighted by molar-refractivity contribution is 0.175. The van der Waals surface area contributed by atoms with Gasteiger partial charge in [0, 0.05) is 27.7 Å². The van der Waals surface area contributed by atoms with Gasteiger partial charge in [0.2, 0.25) is 0 Å². The summed E-state index contributed by atoms with van der Waals surface area (Å²) in [5, 5.41) is 3.29. The molecule has 1 N–H and O–H groups in total. The molecule has 0 aliphatic carbocycles. The molecule has 1 saturated heterocycles. The number of amides is 2. The molecule has 4 nitrogen and oxygen atoms in total. The predicted octanol–water partition coefficient (Wildman–Crippen LogP) is 0.209. The van der Waals surface area contributed by atoms with E-state index in [2.05, 4.69) is 5.32 Å². The first kappa shape index (κ1) is 10.3. The minimum absolute atomic E-state index is 0.0897. The lowest BCUT2D eigenvalue weighted by Gasteiger charge is -2.24. The first-order valence-corrected chi connectivity index (χ1v) is 4.74. The molecule has 1 atom stereocenters. The highest BCUT2D eigenvalue weighted by Crippen LogP contribution is 2.09. The highest BCUT2D eigenvalue weighted by molar-refractivity contribution is 5.73. The molecule has 76 valence electrons. The molecule has 0 spiro atoms. The van der Waals surface area contributed by atoms with E-state index in [1.54, 1.807) is 23.9 Å². The molecule has 13 heavy (non-hydrogen) atoms. The molecule has 1 fully saturated rings. The molecule has 4 heteroatoms. The van der Waals surface area contributed by atoms with Gasteiger partial charge in [0.15, 0.2) is 0 Å². The molecular formula is C9H19N3O. The third kappa shape index (κ3) is 2.88. The summed E-state index contributed by atoms with van der Waals surface area (Å²) in [4.78, 5) is 14.9. The van der Waals surface area contributed by atoms with Crippen molar-refractivity contribution in [3.63, 3.8) is 0 Å². The van der Waals surface area contributed by atoms with Crippen LogP contribution in [0.1, 0.15) is 6.42 Å². The maximum absolute atomic E-state index is 11.5. The van der Waals surface area contributed by atoms with Crippen molar-refractivity contribution in [2.24, 2.45) is 5.92 Å². The van der Waals surface area contributed by atoms with Crippen molar-refractivity contribution in [3.8, 4) is 0 Å². The molecule has 1 rings (SSSR count). The van der Waals surface area contributed by atoms with Crippen LogP contribution in [-0.2, 0) is 0 Å². The van der Waals surface area contributed by atoms with Gasteiger partial charge < -0.3 is 15.1 Å². The van der Waals surface area contributed by atoms with Gasteiger partial charge in [-0.3, -0.25) is 0 Å². The first-order valence-electron chi connectivity index (χ1n) is 4.74. The van der Waals surface area contributed by atoms with Crippen LogP contribution in [-0.4, -0.2) is 56.6 Å². The normalized spacial score (nSPS) is 21.6. The monoisotopic (exact) mass is 185 g/mol. The van der Waals surface area contributed by atoms with Crippen molar-refractivity contribution >= 4 is 6.03 Å². The molecule has 1 aliphatic rings. The SMILES string of the molecule is CN(C)C(=O)N(C)CC1CCNC1. The maximum atomic E-state index is 11.5. The topological polar surface area (TPSA) is 35.6 Å². The fourth-order valence-corrected chi connectivity index (χ4v) is 1.68. The fraction of sp³-hybridized carbons (Fsp3) is 0.889. The second kappa shape index (κ2) is 4.46. The number of nitrogens with one attached hydrogen (secondary N) is 1. The standard InChI is InChI=1S/C9H19N3O/c1-11(2)9(13)12(3)7-8-4-5-10-6-8/h8,10H,4-7H2,1-3H3. The molecule has 0 aromatic heterocycles. The van der Waals surface area contributed by atoms with Crippen molar-refractivity contribution in [2.75, 3.05) is 40.8 Å². The van der Waals surface area contributed by atoms with Crippen LogP contribution in [0.25, 0.3) is 0 Å². The predicted molar refractivity (Wildman–Crippen MR) is 52.7 cm³/mol. The number of hydrogen-bond donors (Lipinski definition) is 1. The molecule has 1 heterocycles. The third-order valence-corrected chi connectivity index (χ3v) is 2.40. The van der Waals surface area contributed by atoms with E-state index in [9.17, 15) is 4.79 Å². The summed E-state index contributed by atoms with van der Waals surface area (Å²) in [5.41, 5.74) is 0. The number of hydrogen-bond acceptors (Lipinski definition) is 2. The summed E-state index contributed by atoms with van der Waals surface area (Å²) in [5.74, 6) is 0.633. The van der Waals surface area contributed by atoms with Crippen LogP contribution >= 0.6 is 0 Å². The lowest BCUT2D eigenvalue weighted by Crippen LogP contribution is -2.39. The van der Waals surface area contributed by atoms with Gasteiger partial charge in [-0.25, -0.2) is 4.79 Å². The highest BCUT2D eigenvalue weighted by atomic mass is 16.2. The molecule has 0 aromatic carbocycles. The second-order valence-corrected chi connectivity index (χ2v) is 3.92. The Morgan fingerprint density at radius 3 is 2.62 bits per heavy atom. The summed E-state index contributed by atoms with van der Waals surface area (Å²) in [6, 6.07) is 0.0897. The number of carbonyl (C=O) groups excluding carboxylic acids is 1. The fourth-order valence-electron chi connectivity index (χ4n) is 1.68. The summed E-state index contributed by atoms with van der Waals surface area (Å²) >= 11 is 0. The molecule has 2 amide bonds. The Morgan fingerprint density at radius 2 is 2.15 bits per heavy atom. The summed E-state index contributed by atoms with van der Waals surface area (Å²) < 4.78 is 0. The Morgan fingerprint density at radius 1 is 1.46 bits per heavy atom. The Bertz CT molecular complexity index is 176. The molecule has 1 unspecified atom stereocenters. The number of rotatable bonds is 2. The van der Waals surface area contributed by atoms with E-state index < -0.39 is 0 Å². The zero-order valence-electron chi connectivity index (χ0n) is 8.71. The minimum Gasteiger partial charge on any atom is -0.331 e. The molecule has 0 bridgehead atoms. The van der Waals surface area contributed by atoms with Crippen LogP contribution in [0.2, 0.25) is 0 Å². The van der Waals surface area contributed by atoms with E-state index in [1.165, 1.54) is 6.42 Å². The Kier molecular flexibility index (Phi) is 3.54. The number of urea groups is 1. The second-order valence-electron chi connectivity index (χ2n) is 3.92. The van der Waals surface area contributed by atoms with Crippen LogP contribution in [0, 0.1) is 5.92 Å². The van der Waals surface area contributed by atoms with Crippen molar-refractivity contribution in [2.45, 2.75) is 6.42 Å². The van der Waals surface area contributed by atoms with Gasteiger partial charge >= 0.3 is 6.03 Å². The van der Waals surface area contributed by atoms with E-state index >= 15 is 0 Å². The van der Waals surface area contributed by atoms with E-state index in [-0.39, 0.29) is 6.03 Å². The third-order valence-electron chi connectivity index (χ3n) is 2.40. The Labute approximate surface area is 79.9 Å². The first-order chi connectivity index (χ1) is 6.11. The number of nitrogens with zero attached hydrogens (tertiary/aromatic N) is 2. The summed E-state index contributed by atoms with van der Waals surface area (Å²) in [6.45, 7) is 3.00. The smallest absolute Gasteiger partial charge is 0.319 e. The quantitative estimate of drug-likeness (QED) is 0.667. The maximum Gasteiger partial charge on any atom is 0.319 e. The highest BCUT2D eigenvalue weighted by Gasteiger charge is 2.19. The average molecular weight is 185 g/mol. The average Bonchev–Trinajstić information content (AvgIpc) is 2.55. The summed E-state index contributed by atoms with van der Waals surface area (Å²) in [6.07, 6.45) is 1.19. The van der Waals surface area contributed by atoms with Gasteiger partial charge in [-0.2, -0.15) is 0 Å². The van der Waals surface area contributed by atoms with Crippen molar-refractivity contribution in [3.05, 3.63) is 0 Å². The van der Waals surface area contributed by atoms with Crippen LogP contribution in [0.4, 0.5) is 4.79 Å². The van der Waals surface area contributed by atoms with Gasteiger partial charge in [-0.1, -0.05) is 0 Å². The van der Waals surface area contributed by atoms with E-state index in [0.29, 0.717) is 5.92 Å². The Hall–Kier alpha value is -0.770.